The number of sulfone groups is 1. The van der Waals surface area contributed by atoms with Crippen LogP contribution < -0.4 is 0 Å². The minimum Gasteiger partial charge on any atom is -0.224 e. The molecule has 0 saturated carbocycles. The van der Waals surface area contributed by atoms with E-state index in [0.29, 0.717) is 4.90 Å². The van der Waals surface area contributed by atoms with Crippen LogP contribution in [0.4, 0.5) is 0 Å². The van der Waals surface area contributed by atoms with Crippen molar-refractivity contribution in [2.24, 2.45) is 0 Å². The highest BCUT2D eigenvalue weighted by Crippen LogP contribution is 2.55. The summed E-state index contributed by atoms with van der Waals surface area (Å²) in [7, 11) is -3.21. The van der Waals surface area contributed by atoms with Gasteiger partial charge < -0.3 is 0 Å². The van der Waals surface area contributed by atoms with E-state index in [1.807, 2.05) is 12.1 Å². The summed E-state index contributed by atoms with van der Waals surface area (Å²) in [6.45, 7) is 0. The van der Waals surface area contributed by atoms with Gasteiger partial charge in [0.1, 0.15) is 0 Å². The van der Waals surface area contributed by atoms with Gasteiger partial charge in [0.25, 0.3) is 0 Å². The molecule has 0 fully saturated rings. The molecule has 3 aliphatic rings. The minimum absolute atomic E-state index is 0.124. The largest absolute Gasteiger partial charge is 0.224 e. The molecule has 3 heteroatoms. The second-order valence-corrected chi connectivity index (χ2v) is 8.70. The van der Waals surface area contributed by atoms with Gasteiger partial charge in [-0.05, 0) is 45.5 Å². The van der Waals surface area contributed by atoms with Crippen LogP contribution in [0.2, 0.25) is 0 Å². The zero-order valence-electron chi connectivity index (χ0n) is 13.2. The maximum Gasteiger partial charge on any atom is 0.175 e. The molecule has 118 valence electrons. The Balaban J connectivity index is 1.86. The van der Waals surface area contributed by atoms with E-state index in [0.717, 1.165) is 5.56 Å². The molecule has 2 bridgehead atoms. The zero-order valence-corrected chi connectivity index (χ0v) is 14.0. The van der Waals surface area contributed by atoms with Crippen LogP contribution in [0.5, 0.6) is 0 Å². The SMILES string of the molecule is CS(=O)(=O)c1ccc2c(c1)C1c3ccccc3C2c2ccccc21. The van der Waals surface area contributed by atoms with Crippen LogP contribution in [0, 0.1) is 0 Å². The molecule has 0 aliphatic heterocycles. The first-order valence-electron chi connectivity index (χ1n) is 8.07. The Kier molecular flexibility index (Phi) is 2.67. The third-order valence-corrected chi connectivity index (χ3v) is 6.45. The molecule has 6 rings (SSSR count). The molecule has 0 unspecified atom stereocenters. The standard InChI is InChI=1S/C21H16O2S/c1-24(22,23)13-10-11-18-19(12-13)21-16-8-4-2-6-14(16)20(18)15-7-3-5-9-17(15)21/h2-12,20-21H,1H3. The van der Waals surface area contributed by atoms with E-state index < -0.39 is 9.84 Å². The summed E-state index contributed by atoms with van der Waals surface area (Å²) in [5, 5.41) is 0. The molecule has 0 atom stereocenters. The molecule has 0 radical (unpaired) electrons. The number of rotatable bonds is 1. The first-order valence-corrected chi connectivity index (χ1v) is 9.96. The highest BCUT2D eigenvalue weighted by molar-refractivity contribution is 7.90. The van der Waals surface area contributed by atoms with Gasteiger partial charge in [-0.15, -0.1) is 0 Å². The highest BCUT2D eigenvalue weighted by Gasteiger charge is 2.41. The van der Waals surface area contributed by atoms with Crippen molar-refractivity contribution in [1.82, 2.24) is 0 Å². The highest BCUT2D eigenvalue weighted by atomic mass is 32.2. The Hall–Kier alpha value is -2.39. The van der Waals surface area contributed by atoms with E-state index in [1.54, 1.807) is 6.07 Å². The van der Waals surface area contributed by atoms with E-state index >= 15 is 0 Å². The Morgan fingerprint density at radius 2 is 1.04 bits per heavy atom. The number of benzene rings is 3. The lowest BCUT2D eigenvalue weighted by Gasteiger charge is -2.42. The molecule has 3 aromatic carbocycles. The smallest absolute Gasteiger partial charge is 0.175 e. The predicted molar refractivity (Wildman–Crippen MR) is 94.3 cm³/mol. The average molecular weight is 332 g/mol. The summed E-state index contributed by atoms with van der Waals surface area (Å²) >= 11 is 0. The third kappa shape index (κ3) is 1.73. The van der Waals surface area contributed by atoms with E-state index in [4.69, 9.17) is 0 Å². The molecule has 0 heterocycles. The lowest BCUT2D eigenvalue weighted by Crippen LogP contribution is -2.27. The lowest BCUT2D eigenvalue weighted by molar-refractivity contribution is 0.601. The summed E-state index contributed by atoms with van der Waals surface area (Å²) in [6, 6.07) is 22.7. The maximum atomic E-state index is 12.0. The van der Waals surface area contributed by atoms with Crippen molar-refractivity contribution >= 4 is 9.84 Å². The normalized spacial score (nSPS) is 20.2. The van der Waals surface area contributed by atoms with Crippen molar-refractivity contribution in [3.63, 3.8) is 0 Å². The quantitative estimate of drug-likeness (QED) is 0.463. The molecule has 0 saturated heterocycles. The minimum atomic E-state index is -3.21. The lowest BCUT2D eigenvalue weighted by atomic mass is 9.61. The van der Waals surface area contributed by atoms with Crippen molar-refractivity contribution in [3.05, 3.63) is 100 Å². The molecule has 0 aromatic heterocycles. The van der Waals surface area contributed by atoms with Crippen LogP contribution in [0.25, 0.3) is 0 Å². The third-order valence-electron chi connectivity index (χ3n) is 5.34. The Labute approximate surface area is 141 Å². The van der Waals surface area contributed by atoms with Gasteiger partial charge in [0.15, 0.2) is 9.84 Å². The Bertz CT molecular complexity index is 1050. The Morgan fingerprint density at radius 3 is 1.50 bits per heavy atom. The van der Waals surface area contributed by atoms with Crippen LogP contribution >= 0.6 is 0 Å². The van der Waals surface area contributed by atoms with Gasteiger partial charge >= 0.3 is 0 Å². The van der Waals surface area contributed by atoms with Crippen molar-refractivity contribution in [2.45, 2.75) is 16.7 Å². The second-order valence-electron chi connectivity index (χ2n) is 6.69. The van der Waals surface area contributed by atoms with Gasteiger partial charge in [-0.1, -0.05) is 54.6 Å². The van der Waals surface area contributed by atoms with Crippen LogP contribution in [-0.4, -0.2) is 14.7 Å². The predicted octanol–water partition coefficient (Wildman–Crippen LogP) is 4.08. The van der Waals surface area contributed by atoms with E-state index in [9.17, 15) is 8.42 Å². The Morgan fingerprint density at radius 1 is 0.625 bits per heavy atom. The molecule has 24 heavy (non-hydrogen) atoms. The van der Waals surface area contributed by atoms with Crippen LogP contribution in [0.1, 0.15) is 45.2 Å². The van der Waals surface area contributed by atoms with Gasteiger partial charge in [-0.3, -0.25) is 0 Å². The summed E-state index contributed by atoms with van der Waals surface area (Å²) in [6.07, 6.45) is 1.28. The van der Waals surface area contributed by atoms with Crippen LogP contribution in [-0.2, 0) is 9.84 Å². The van der Waals surface area contributed by atoms with Crippen molar-refractivity contribution < 1.29 is 8.42 Å². The van der Waals surface area contributed by atoms with Crippen LogP contribution in [0.3, 0.4) is 0 Å². The first-order chi connectivity index (χ1) is 11.6. The first kappa shape index (κ1) is 14.0. The molecular weight excluding hydrogens is 316 g/mol. The molecule has 0 N–H and O–H groups in total. The van der Waals surface area contributed by atoms with E-state index in [-0.39, 0.29) is 11.8 Å². The zero-order chi connectivity index (χ0) is 16.5. The number of hydrogen-bond acceptors (Lipinski definition) is 2. The molecule has 3 aliphatic carbocycles. The molecule has 3 aromatic rings. The fourth-order valence-electron chi connectivity index (χ4n) is 4.37. The molecule has 0 amide bonds. The van der Waals surface area contributed by atoms with Gasteiger partial charge in [0, 0.05) is 18.1 Å². The molecular formula is C21H16O2S. The second kappa shape index (κ2) is 4.58. The summed E-state index contributed by atoms with van der Waals surface area (Å²) in [4.78, 5) is 0.406. The maximum absolute atomic E-state index is 12.0. The van der Waals surface area contributed by atoms with Crippen LogP contribution in [0.15, 0.2) is 71.6 Å². The summed E-state index contributed by atoms with van der Waals surface area (Å²) in [5.74, 6) is 0.324. The molecule has 0 spiro atoms. The summed E-state index contributed by atoms with van der Waals surface area (Å²) in [5.41, 5.74) is 7.69. The monoisotopic (exact) mass is 332 g/mol. The number of hydrogen-bond donors (Lipinski definition) is 0. The van der Waals surface area contributed by atoms with Gasteiger partial charge in [0.2, 0.25) is 0 Å². The van der Waals surface area contributed by atoms with Crippen molar-refractivity contribution in [2.75, 3.05) is 6.26 Å². The average Bonchev–Trinajstić information content (AvgIpc) is 2.60. The van der Waals surface area contributed by atoms with Gasteiger partial charge in [0.05, 0.1) is 4.90 Å². The molecule has 2 nitrogen and oxygen atoms in total. The fourth-order valence-corrected chi connectivity index (χ4v) is 5.03. The topological polar surface area (TPSA) is 34.1 Å². The van der Waals surface area contributed by atoms with E-state index in [2.05, 4.69) is 48.5 Å². The summed E-state index contributed by atoms with van der Waals surface area (Å²) < 4.78 is 24.0. The fraction of sp³-hybridized carbons (Fsp3) is 0.143. The van der Waals surface area contributed by atoms with Gasteiger partial charge in [-0.2, -0.15) is 0 Å². The van der Waals surface area contributed by atoms with Crippen molar-refractivity contribution in [3.8, 4) is 0 Å². The van der Waals surface area contributed by atoms with E-state index in [1.165, 1.54) is 34.1 Å². The van der Waals surface area contributed by atoms with Gasteiger partial charge in [-0.25, -0.2) is 8.42 Å². The van der Waals surface area contributed by atoms with Crippen molar-refractivity contribution in [1.29, 1.82) is 0 Å².